The molecule has 1 aliphatic rings. The molecule has 2 unspecified atom stereocenters. The maximum atomic E-state index is 13.0. The lowest BCUT2D eigenvalue weighted by molar-refractivity contribution is 0.118. The molecule has 0 spiro atoms. The maximum Gasteiger partial charge on any atom is 0.109 e. The number of hydrogen-bond acceptors (Lipinski definition) is 1. The van der Waals surface area contributed by atoms with Crippen molar-refractivity contribution in [2.24, 2.45) is 5.73 Å². The zero-order chi connectivity index (χ0) is 6.91. The second-order valence-electron chi connectivity index (χ2n) is 3.27. The third-order valence-corrected chi connectivity index (χ3v) is 1.96. The van der Waals surface area contributed by atoms with E-state index in [0.29, 0.717) is 12.8 Å². The van der Waals surface area contributed by atoms with Crippen LogP contribution < -0.4 is 5.73 Å². The number of rotatable bonds is 0. The summed E-state index contributed by atoms with van der Waals surface area (Å²) in [6.07, 6.45) is 3.20. The van der Waals surface area contributed by atoms with Gasteiger partial charge in [0.25, 0.3) is 0 Å². The lowest BCUT2D eigenvalue weighted by atomic mass is 9.85. The van der Waals surface area contributed by atoms with E-state index in [4.69, 9.17) is 5.73 Å². The Labute approximate surface area is 55.4 Å². The minimum Gasteiger partial charge on any atom is -0.328 e. The molecule has 0 aromatic heterocycles. The predicted molar refractivity (Wildman–Crippen MR) is 36.0 cm³/mol. The fraction of sp³-hybridized carbons (Fsp3) is 1.00. The third kappa shape index (κ3) is 1.94. The second kappa shape index (κ2) is 2.25. The maximum absolute atomic E-state index is 13.0. The van der Waals surface area contributed by atoms with Crippen molar-refractivity contribution in [1.82, 2.24) is 0 Å². The Hall–Kier alpha value is -0.110. The van der Waals surface area contributed by atoms with Gasteiger partial charge in [-0.3, -0.25) is 0 Å². The van der Waals surface area contributed by atoms with Gasteiger partial charge in [-0.2, -0.15) is 0 Å². The van der Waals surface area contributed by atoms with Gasteiger partial charge in [-0.1, -0.05) is 0 Å². The number of alkyl halides is 1. The van der Waals surface area contributed by atoms with E-state index < -0.39 is 5.67 Å². The molecule has 2 atom stereocenters. The van der Waals surface area contributed by atoms with Crippen molar-refractivity contribution >= 4 is 0 Å². The highest BCUT2D eigenvalue weighted by Gasteiger charge is 2.29. The minimum absolute atomic E-state index is 0.105. The molecular formula is C7H14FN. The molecule has 0 aromatic rings. The van der Waals surface area contributed by atoms with Crippen LogP contribution in [0.15, 0.2) is 0 Å². The van der Waals surface area contributed by atoms with Crippen LogP contribution in [0.4, 0.5) is 4.39 Å². The fourth-order valence-corrected chi connectivity index (χ4v) is 1.48. The zero-order valence-electron chi connectivity index (χ0n) is 5.86. The first kappa shape index (κ1) is 7.00. The van der Waals surface area contributed by atoms with E-state index in [-0.39, 0.29) is 6.04 Å². The minimum atomic E-state index is -0.975. The first-order valence-corrected chi connectivity index (χ1v) is 3.55. The van der Waals surface area contributed by atoms with E-state index in [1.54, 1.807) is 6.92 Å². The lowest BCUT2D eigenvalue weighted by Gasteiger charge is -2.29. The number of hydrogen-bond donors (Lipinski definition) is 1. The molecule has 1 rings (SSSR count). The highest BCUT2D eigenvalue weighted by Crippen LogP contribution is 2.30. The summed E-state index contributed by atoms with van der Waals surface area (Å²) in [6, 6.07) is 0.105. The predicted octanol–water partition coefficient (Wildman–Crippen LogP) is 1.62. The summed E-state index contributed by atoms with van der Waals surface area (Å²) in [6.45, 7) is 1.64. The Kier molecular flexibility index (Phi) is 1.75. The summed E-state index contributed by atoms with van der Waals surface area (Å²) in [4.78, 5) is 0. The molecule has 1 fully saturated rings. The van der Waals surface area contributed by atoms with Crippen molar-refractivity contribution in [3.63, 3.8) is 0 Å². The van der Waals surface area contributed by atoms with Gasteiger partial charge < -0.3 is 5.73 Å². The van der Waals surface area contributed by atoms with Crippen molar-refractivity contribution < 1.29 is 4.39 Å². The molecule has 1 aliphatic carbocycles. The molecule has 0 amide bonds. The van der Waals surface area contributed by atoms with E-state index in [0.717, 1.165) is 12.8 Å². The zero-order valence-corrected chi connectivity index (χ0v) is 5.86. The van der Waals surface area contributed by atoms with Crippen LogP contribution >= 0.6 is 0 Å². The third-order valence-electron chi connectivity index (χ3n) is 1.96. The van der Waals surface area contributed by atoms with Crippen LogP contribution in [0, 0.1) is 0 Å². The van der Waals surface area contributed by atoms with E-state index in [2.05, 4.69) is 0 Å². The average Bonchev–Trinajstić information content (AvgIpc) is 1.60. The van der Waals surface area contributed by atoms with E-state index >= 15 is 0 Å². The quantitative estimate of drug-likeness (QED) is 0.531. The molecule has 2 N–H and O–H groups in total. The Balaban J connectivity index is 2.41. The SMILES string of the molecule is CC1(F)CCCC(N)C1. The summed E-state index contributed by atoms with van der Waals surface area (Å²) in [5, 5.41) is 0. The van der Waals surface area contributed by atoms with Gasteiger partial charge in [0, 0.05) is 6.04 Å². The standard InChI is InChI=1S/C7H14FN/c1-7(8)4-2-3-6(9)5-7/h6H,2-5,9H2,1H3. The molecule has 0 radical (unpaired) electrons. The fourth-order valence-electron chi connectivity index (χ4n) is 1.48. The average molecular weight is 131 g/mol. The molecule has 1 nitrogen and oxygen atoms in total. The summed E-state index contributed by atoms with van der Waals surface area (Å²) in [5.41, 5.74) is 4.60. The van der Waals surface area contributed by atoms with Crippen molar-refractivity contribution in [3.8, 4) is 0 Å². The van der Waals surface area contributed by atoms with Crippen LogP contribution in [0.1, 0.15) is 32.6 Å². The van der Waals surface area contributed by atoms with Crippen LogP contribution in [0.3, 0.4) is 0 Å². The molecule has 2 heteroatoms. The van der Waals surface area contributed by atoms with Gasteiger partial charge >= 0.3 is 0 Å². The van der Waals surface area contributed by atoms with Gasteiger partial charge in [-0.05, 0) is 32.6 Å². The van der Waals surface area contributed by atoms with E-state index in [1.165, 1.54) is 0 Å². The van der Waals surface area contributed by atoms with E-state index in [1.807, 2.05) is 0 Å². The molecule has 0 saturated heterocycles. The molecule has 9 heavy (non-hydrogen) atoms. The van der Waals surface area contributed by atoms with Crippen LogP contribution in [-0.4, -0.2) is 11.7 Å². The van der Waals surface area contributed by atoms with Gasteiger partial charge in [-0.15, -0.1) is 0 Å². The molecule has 0 heterocycles. The Morgan fingerprint density at radius 3 is 2.67 bits per heavy atom. The van der Waals surface area contributed by atoms with E-state index in [9.17, 15) is 4.39 Å². The van der Waals surface area contributed by atoms with Gasteiger partial charge in [0.2, 0.25) is 0 Å². The normalized spacial score (nSPS) is 45.0. The Morgan fingerprint density at radius 2 is 2.33 bits per heavy atom. The Bertz CT molecular complexity index is 101. The van der Waals surface area contributed by atoms with Gasteiger partial charge in [-0.25, -0.2) is 4.39 Å². The largest absolute Gasteiger partial charge is 0.328 e. The van der Waals surface area contributed by atoms with Crippen LogP contribution in [0.2, 0.25) is 0 Å². The number of nitrogens with two attached hydrogens (primary N) is 1. The van der Waals surface area contributed by atoms with Gasteiger partial charge in [0.05, 0.1) is 0 Å². The van der Waals surface area contributed by atoms with Crippen LogP contribution in [-0.2, 0) is 0 Å². The van der Waals surface area contributed by atoms with Gasteiger partial charge in [0.15, 0.2) is 0 Å². The summed E-state index contributed by atoms with van der Waals surface area (Å²) in [5.74, 6) is 0. The van der Waals surface area contributed by atoms with Crippen molar-refractivity contribution in [2.45, 2.75) is 44.3 Å². The molecule has 0 aliphatic heterocycles. The monoisotopic (exact) mass is 131 g/mol. The van der Waals surface area contributed by atoms with Gasteiger partial charge in [0.1, 0.15) is 5.67 Å². The lowest BCUT2D eigenvalue weighted by Crippen LogP contribution is -2.35. The summed E-state index contributed by atoms with van der Waals surface area (Å²) >= 11 is 0. The summed E-state index contributed by atoms with van der Waals surface area (Å²) < 4.78 is 13.0. The molecule has 1 saturated carbocycles. The number of halogens is 1. The highest BCUT2D eigenvalue weighted by atomic mass is 19.1. The molecule has 54 valence electrons. The summed E-state index contributed by atoms with van der Waals surface area (Å²) in [7, 11) is 0. The van der Waals surface area contributed by atoms with Crippen molar-refractivity contribution in [3.05, 3.63) is 0 Å². The first-order valence-electron chi connectivity index (χ1n) is 3.55. The van der Waals surface area contributed by atoms with Crippen LogP contribution in [0.5, 0.6) is 0 Å². The topological polar surface area (TPSA) is 26.0 Å². The molecule has 0 aromatic carbocycles. The van der Waals surface area contributed by atoms with Crippen LogP contribution in [0.25, 0.3) is 0 Å². The van der Waals surface area contributed by atoms with Crippen molar-refractivity contribution in [2.75, 3.05) is 0 Å². The molecular weight excluding hydrogens is 117 g/mol. The smallest absolute Gasteiger partial charge is 0.109 e. The second-order valence-corrected chi connectivity index (χ2v) is 3.27. The first-order chi connectivity index (χ1) is 4.10. The molecule has 0 bridgehead atoms. The highest BCUT2D eigenvalue weighted by molar-refractivity contribution is 4.84. The Morgan fingerprint density at radius 1 is 1.67 bits per heavy atom. The van der Waals surface area contributed by atoms with Crippen molar-refractivity contribution in [1.29, 1.82) is 0 Å².